The highest BCUT2D eigenvalue weighted by atomic mass is 79.9. The van der Waals surface area contributed by atoms with Crippen LogP contribution in [0.15, 0.2) is 119 Å². The maximum absolute atomic E-state index is 12.8. The van der Waals surface area contributed by atoms with Crippen molar-refractivity contribution in [2.45, 2.75) is 13.5 Å². The fourth-order valence-electron chi connectivity index (χ4n) is 4.23. The molecule has 0 aliphatic carbocycles. The zero-order chi connectivity index (χ0) is 27.2. The van der Waals surface area contributed by atoms with E-state index in [0.717, 1.165) is 32.7 Å². The number of aromatic nitrogens is 1. The Labute approximate surface area is 240 Å². The highest BCUT2D eigenvalue weighted by Gasteiger charge is 2.11. The third kappa shape index (κ3) is 6.30. The van der Waals surface area contributed by atoms with Crippen LogP contribution in [0.4, 0.5) is 0 Å². The van der Waals surface area contributed by atoms with Gasteiger partial charge in [-0.3, -0.25) is 4.79 Å². The van der Waals surface area contributed by atoms with E-state index in [1.807, 2.05) is 72.8 Å². The van der Waals surface area contributed by atoms with Crippen molar-refractivity contribution >= 4 is 39.7 Å². The average molecular weight is 599 g/mol. The Morgan fingerprint density at radius 2 is 1.69 bits per heavy atom. The molecule has 0 fully saturated rings. The minimum Gasteiger partial charge on any atom is -0.488 e. The van der Waals surface area contributed by atoms with Gasteiger partial charge in [-0.2, -0.15) is 5.10 Å². The van der Waals surface area contributed by atoms with Gasteiger partial charge in [0.1, 0.15) is 12.4 Å². The van der Waals surface area contributed by atoms with Gasteiger partial charge in [-0.05, 0) is 73.2 Å². The molecule has 1 aromatic heterocycles. The minimum absolute atomic E-state index is 0.307. The van der Waals surface area contributed by atoms with Crippen LogP contribution in [0.3, 0.4) is 0 Å². The number of carbonyl (C=O) groups excluding carboxylic acids is 1. The van der Waals surface area contributed by atoms with Crippen LogP contribution >= 0.6 is 27.5 Å². The number of halogens is 2. The van der Waals surface area contributed by atoms with Crippen LogP contribution in [0, 0.1) is 6.92 Å². The number of carbonyl (C=O) groups is 1. The Morgan fingerprint density at radius 1 is 0.949 bits per heavy atom. The summed E-state index contributed by atoms with van der Waals surface area (Å²) in [7, 11) is 0. The van der Waals surface area contributed by atoms with Crippen molar-refractivity contribution in [3.05, 3.63) is 141 Å². The standard InChI is InChI=1S/C32H25BrClN3O2/c1-22-11-17-30(23-7-3-2-4-8-23)37(22)28-15-12-24(13-16-28)32(38)36-35-20-26-19-27(33)14-18-31(26)39-21-25-9-5-6-10-29(25)34/h2-20H,21H2,1H3,(H,36,38)/b35-20+. The van der Waals surface area contributed by atoms with Crippen LogP contribution in [0.25, 0.3) is 16.9 Å². The Balaban J connectivity index is 1.28. The van der Waals surface area contributed by atoms with Gasteiger partial charge >= 0.3 is 0 Å². The third-order valence-corrected chi connectivity index (χ3v) is 7.08. The molecular formula is C32H25BrClN3O2. The maximum atomic E-state index is 12.8. The fraction of sp³-hybridized carbons (Fsp3) is 0.0625. The summed E-state index contributed by atoms with van der Waals surface area (Å²) in [5.41, 5.74) is 9.02. The van der Waals surface area contributed by atoms with Gasteiger partial charge in [0, 0.05) is 37.6 Å². The summed E-state index contributed by atoms with van der Waals surface area (Å²) in [5, 5.41) is 4.82. The number of nitrogens with zero attached hydrogens (tertiary/aromatic N) is 2. The van der Waals surface area contributed by atoms with E-state index >= 15 is 0 Å². The quantitative estimate of drug-likeness (QED) is 0.145. The number of nitrogens with one attached hydrogen (secondary N) is 1. The Hall–Kier alpha value is -4.13. The van der Waals surface area contributed by atoms with Crippen molar-refractivity contribution < 1.29 is 9.53 Å². The molecule has 1 amide bonds. The number of rotatable bonds is 8. The summed E-state index contributed by atoms with van der Waals surface area (Å²) >= 11 is 9.73. The average Bonchev–Trinajstić information content (AvgIpc) is 3.35. The van der Waals surface area contributed by atoms with Crippen molar-refractivity contribution in [1.29, 1.82) is 0 Å². The smallest absolute Gasteiger partial charge is 0.271 e. The summed E-state index contributed by atoms with van der Waals surface area (Å²) in [4.78, 5) is 12.8. The zero-order valence-corrected chi connectivity index (χ0v) is 23.5. The molecule has 5 nitrogen and oxygen atoms in total. The molecule has 0 aliphatic rings. The first kappa shape index (κ1) is 26.5. The summed E-state index contributed by atoms with van der Waals surface area (Å²) in [6.45, 7) is 2.38. The highest BCUT2D eigenvalue weighted by molar-refractivity contribution is 9.10. The first-order valence-corrected chi connectivity index (χ1v) is 13.5. The second-order valence-corrected chi connectivity index (χ2v) is 10.2. The topological polar surface area (TPSA) is 55.6 Å². The Bertz CT molecular complexity index is 1630. The lowest BCUT2D eigenvalue weighted by Gasteiger charge is -2.13. The second kappa shape index (κ2) is 12.2. The predicted octanol–water partition coefficient (Wildman–Crippen LogP) is 8.21. The molecule has 0 atom stereocenters. The van der Waals surface area contributed by atoms with Crippen LogP contribution in [-0.4, -0.2) is 16.7 Å². The Morgan fingerprint density at radius 3 is 2.46 bits per heavy atom. The number of aryl methyl sites for hydroxylation is 1. The summed E-state index contributed by atoms with van der Waals surface area (Å²) in [6.07, 6.45) is 1.56. The third-order valence-electron chi connectivity index (χ3n) is 6.22. The molecule has 5 rings (SSSR count). The molecule has 1 heterocycles. The van der Waals surface area contributed by atoms with E-state index < -0.39 is 0 Å². The summed E-state index contributed by atoms with van der Waals surface area (Å²) in [6, 6.07) is 35.0. The molecule has 0 spiro atoms. The zero-order valence-electron chi connectivity index (χ0n) is 21.1. The predicted molar refractivity (Wildman–Crippen MR) is 161 cm³/mol. The number of benzene rings is 4. The van der Waals surface area contributed by atoms with Gasteiger partial charge in [0.05, 0.1) is 11.9 Å². The molecule has 194 valence electrons. The first-order chi connectivity index (χ1) is 19.0. The largest absolute Gasteiger partial charge is 0.488 e. The molecule has 0 radical (unpaired) electrons. The molecule has 0 saturated carbocycles. The number of ether oxygens (including phenoxy) is 1. The van der Waals surface area contributed by atoms with E-state index in [2.05, 4.69) is 62.2 Å². The lowest BCUT2D eigenvalue weighted by Crippen LogP contribution is -2.17. The fourth-order valence-corrected chi connectivity index (χ4v) is 4.79. The van der Waals surface area contributed by atoms with Gasteiger partial charge in [0.25, 0.3) is 5.91 Å². The number of hydrogen-bond donors (Lipinski definition) is 1. The van der Waals surface area contributed by atoms with E-state index in [9.17, 15) is 4.79 Å². The molecule has 7 heteroatoms. The second-order valence-electron chi connectivity index (χ2n) is 8.87. The van der Waals surface area contributed by atoms with Crippen molar-refractivity contribution in [1.82, 2.24) is 9.99 Å². The molecule has 4 aromatic carbocycles. The van der Waals surface area contributed by atoms with E-state index in [0.29, 0.717) is 28.5 Å². The lowest BCUT2D eigenvalue weighted by atomic mass is 10.1. The molecule has 1 N–H and O–H groups in total. The van der Waals surface area contributed by atoms with Crippen LogP contribution in [-0.2, 0) is 6.61 Å². The highest BCUT2D eigenvalue weighted by Crippen LogP contribution is 2.27. The monoisotopic (exact) mass is 597 g/mol. The molecule has 0 bridgehead atoms. The molecule has 5 aromatic rings. The van der Waals surface area contributed by atoms with Gasteiger partial charge in [-0.25, -0.2) is 5.43 Å². The van der Waals surface area contributed by atoms with E-state index in [1.54, 1.807) is 18.3 Å². The first-order valence-electron chi connectivity index (χ1n) is 12.3. The molecular weight excluding hydrogens is 574 g/mol. The van der Waals surface area contributed by atoms with E-state index in [-0.39, 0.29) is 5.91 Å². The van der Waals surface area contributed by atoms with Crippen LogP contribution < -0.4 is 10.2 Å². The number of hydrogen-bond acceptors (Lipinski definition) is 3. The van der Waals surface area contributed by atoms with Gasteiger partial charge in [-0.15, -0.1) is 0 Å². The van der Waals surface area contributed by atoms with Gasteiger partial charge in [0.15, 0.2) is 0 Å². The number of amides is 1. The van der Waals surface area contributed by atoms with Crippen LogP contribution in [0.5, 0.6) is 5.75 Å². The number of hydrazone groups is 1. The van der Waals surface area contributed by atoms with Crippen molar-refractivity contribution in [2.24, 2.45) is 5.10 Å². The van der Waals surface area contributed by atoms with Crippen molar-refractivity contribution in [3.63, 3.8) is 0 Å². The van der Waals surface area contributed by atoms with Gasteiger partial charge in [-0.1, -0.05) is 76.1 Å². The lowest BCUT2D eigenvalue weighted by molar-refractivity contribution is 0.0955. The maximum Gasteiger partial charge on any atom is 0.271 e. The van der Waals surface area contributed by atoms with Crippen molar-refractivity contribution in [3.8, 4) is 22.7 Å². The van der Waals surface area contributed by atoms with Gasteiger partial charge < -0.3 is 9.30 Å². The summed E-state index contributed by atoms with van der Waals surface area (Å²) in [5.74, 6) is 0.315. The molecule has 0 unspecified atom stereocenters. The minimum atomic E-state index is -0.307. The molecule has 39 heavy (non-hydrogen) atoms. The van der Waals surface area contributed by atoms with E-state index in [1.165, 1.54) is 0 Å². The van der Waals surface area contributed by atoms with Gasteiger partial charge in [0.2, 0.25) is 0 Å². The van der Waals surface area contributed by atoms with Crippen molar-refractivity contribution in [2.75, 3.05) is 0 Å². The molecule has 0 aliphatic heterocycles. The Kier molecular flexibility index (Phi) is 8.25. The summed E-state index contributed by atoms with van der Waals surface area (Å²) < 4.78 is 9.03. The van der Waals surface area contributed by atoms with Crippen LogP contribution in [0.2, 0.25) is 5.02 Å². The normalized spacial score (nSPS) is 11.1. The van der Waals surface area contributed by atoms with E-state index in [4.69, 9.17) is 16.3 Å². The SMILES string of the molecule is Cc1ccc(-c2ccccc2)n1-c1ccc(C(=O)N/N=C/c2cc(Br)ccc2OCc2ccccc2Cl)cc1. The van der Waals surface area contributed by atoms with Crippen LogP contribution in [0.1, 0.15) is 27.2 Å². The molecule has 0 saturated heterocycles.